The average molecular weight is 281 g/mol. The van der Waals surface area contributed by atoms with E-state index in [1.165, 1.54) is 0 Å². The van der Waals surface area contributed by atoms with Crippen molar-refractivity contribution in [2.75, 3.05) is 6.54 Å². The number of carboxylic acids is 1. The Morgan fingerprint density at radius 2 is 1.62 bits per heavy atom. The summed E-state index contributed by atoms with van der Waals surface area (Å²) in [5.41, 5.74) is 2.62. The van der Waals surface area contributed by atoms with Crippen molar-refractivity contribution < 1.29 is 19.5 Å². The summed E-state index contributed by atoms with van der Waals surface area (Å²) in [6, 6.07) is 12.0. The van der Waals surface area contributed by atoms with Crippen LogP contribution >= 0.6 is 0 Å². The number of aliphatic carboxylic acids is 1. The van der Waals surface area contributed by atoms with Crippen LogP contribution in [0.15, 0.2) is 42.5 Å². The fraction of sp³-hybridized carbons (Fsp3) is 0.0625. The van der Waals surface area contributed by atoms with Crippen LogP contribution in [0.2, 0.25) is 0 Å². The van der Waals surface area contributed by atoms with Gasteiger partial charge in [0.05, 0.1) is 0 Å². The zero-order chi connectivity index (χ0) is 15.0. The van der Waals surface area contributed by atoms with Gasteiger partial charge in [-0.05, 0) is 11.6 Å². The third-order valence-electron chi connectivity index (χ3n) is 3.39. The Bertz CT molecular complexity index is 780. The van der Waals surface area contributed by atoms with Gasteiger partial charge < -0.3 is 10.4 Å². The molecule has 0 saturated carbocycles. The van der Waals surface area contributed by atoms with Gasteiger partial charge in [-0.3, -0.25) is 14.4 Å². The zero-order valence-corrected chi connectivity index (χ0v) is 10.9. The van der Waals surface area contributed by atoms with Crippen molar-refractivity contribution in [1.82, 2.24) is 5.32 Å². The normalized spacial score (nSPS) is 11.7. The lowest BCUT2D eigenvalue weighted by Gasteiger charge is -2.08. The number of benzene rings is 2. The fourth-order valence-electron chi connectivity index (χ4n) is 2.52. The van der Waals surface area contributed by atoms with E-state index in [4.69, 9.17) is 5.11 Å². The number of hydrogen-bond donors (Lipinski definition) is 2. The third kappa shape index (κ3) is 2.08. The molecule has 0 aromatic heterocycles. The van der Waals surface area contributed by atoms with Crippen molar-refractivity contribution in [1.29, 1.82) is 0 Å². The van der Waals surface area contributed by atoms with Crippen LogP contribution in [-0.4, -0.2) is 29.3 Å². The maximum atomic E-state index is 12.3. The van der Waals surface area contributed by atoms with Gasteiger partial charge >= 0.3 is 5.97 Å². The van der Waals surface area contributed by atoms with Crippen molar-refractivity contribution >= 4 is 17.7 Å². The van der Waals surface area contributed by atoms with E-state index in [0.29, 0.717) is 27.8 Å². The predicted octanol–water partition coefficient (Wildman–Crippen LogP) is 1.71. The van der Waals surface area contributed by atoms with E-state index in [2.05, 4.69) is 5.32 Å². The first-order valence-corrected chi connectivity index (χ1v) is 6.36. The quantitative estimate of drug-likeness (QED) is 0.765. The summed E-state index contributed by atoms with van der Waals surface area (Å²) in [5.74, 6) is -1.74. The Balaban J connectivity index is 2.10. The Kier molecular flexibility index (Phi) is 3.02. The first-order chi connectivity index (χ1) is 10.1. The molecule has 0 radical (unpaired) electrons. The molecule has 2 aromatic carbocycles. The van der Waals surface area contributed by atoms with Crippen LogP contribution in [0, 0.1) is 0 Å². The second kappa shape index (κ2) is 4.86. The smallest absolute Gasteiger partial charge is 0.322 e. The maximum Gasteiger partial charge on any atom is 0.322 e. The SMILES string of the molecule is O=C(O)CNC(=O)c1cccc2c1-c1ccccc1C2=O. The molecule has 104 valence electrons. The van der Waals surface area contributed by atoms with Gasteiger partial charge in [-0.15, -0.1) is 0 Å². The summed E-state index contributed by atoms with van der Waals surface area (Å²) < 4.78 is 0. The van der Waals surface area contributed by atoms with Crippen LogP contribution in [0.25, 0.3) is 11.1 Å². The van der Waals surface area contributed by atoms with Gasteiger partial charge in [-0.2, -0.15) is 0 Å². The molecular weight excluding hydrogens is 270 g/mol. The molecule has 5 nitrogen and oxygen atoms in total. The number of rotatable bonds is 3. The second-order valence-corrected chi connectivity index (χ2v) is 4.68. The van der Waals surface area contributed by atoms with Crippen molar-refractivity contribution in [2.24, 2.45) is 0 Å². The number of carboxylic acid groups (broad SMARTS) is 1. The molecule has 0 heterocycles. The first kappa shape index (κ1) is 13.1. The van der Waals surface area contributed by atoms with Crippen molar-refractivity contribution in [3.8, 4) is 11.1 Å². The molecule has 3 rings (SSSR count). The van der Waals surface area contributed by atoms with Gasteiger partial charge in [0.15, 0.2) is 5.78 Å². The lowest BCUT2D eigenvalue weighted by molar-refractivity contribution is -0.135. The Morgan fingerprint density at radius 1 is 0.952 bits per heavy atom. The van der Waals surface area contributed by atoms with Crippen LogP contribution in [0.1, 0.15) is 26.3 Å². The third-order valence-corrected chi connectivity index (χ3v) is 3.39. The van der Waals surface area contributed by atoms with Gasteiger partial charge in [0, 0.05) is 22.3 Å². The summed E-state index contributed by atoms with van der Waals surface area (Å²) >= 11 is 0. The van der Waals surface area contributed by atoms with Crippen LogP contribution < -0.4 is 5.32 Å². The Morgan fingerprint density at radius 3 is 2.33 bits per heavy atom. The van der Waals surface area contributed by atoms with Gasteiger partial charge in [-0.1, -0.05) is 36.4 Å². The monoisotopic (exact) mass is 281 g/mol. The number of hydrogen-bond acceptors (Lipinski definition) is 3. The lowest BCUT2D eigenvalue weighted by atomic mass is 9.99. The molecule has 1 amide bonds. The molecule has 2 aromatic rings. The summed E-state index contributed by atoms with van der Waals surface area (Å²) in [6.45, 7) is -0.460. The van der Waals surface area contributed by atoms with E-state index >= 15 is 0 Å². The lowest BCUT2D eigenvalue weighted by Crippen LogP contribution is -2.29. The summed E-state index contributed by atoms with van der Waals surface area (Å²) in [5, 5.41) is 11.0. The highest BCUT2D eigenvalue weighted by Gasteiger charge is 2.29. The number of carbonyl (C=O) groups excluding carboxylic acids is 2. The zero-order valence-electron chi connectivity index (χ0n) is 10.9. The highest BCUT2D eigenvalue weighted by molar-refractivity contribution is 6.24. The highest BCUT2D eigenvalue weighted by atomic mass is 16.4. The summed E-state index contributed by atoms with van der Waals surface area (Å²) in [6.07, 6.45) is 0. The fourth-order valence-corrected chi connectivity index (χ4v) is 2.52. The van der Waals surface area contributed by atoms with Gasteiger partial charge in [0.25, 0.3) is 5.91 Å². The molecule has 2 N–H and O–H groups in total. The molecule has 0 atom stereocenters. The molecule has 0 fully saturated rings. The van der Waals surface area contributed by atoms with E-state index in [1.807, 2.05) is 0 Å². The van der Waals surface area contributed by atoms with E-state index in [0.717, 1.165) is 0 Å². The van der Waals surface area contributed by atoms with Crippen molar-refractivity contribution in [3.63, 3.8) is 0 Å². The van der Waals surface area contributed by atoms with E-state index in [1.54, 1.807) is 42.5 Å². The molecular formula is C16H11NO4. The summed E-state index contributed by atoms with van der Waals surface area (Å²) in [4.78, 5) is 35.0. The molecule has 1 aliphatic rings. The highest BCUT2D eigenvalue weighted by Crippen LogP contribution is 2.38. The van der Waals surface area contributed by atoms with Crippen LogP contribution in [0.3, 0.4) is 0 Å². The molecule has 0 saturated heterocycles. The van der Waals surface area contributed by atoms with E-state index in [-0.39, 0.29) is 5.78 Å². The van der Waals surface area contributed by atoms with E-state index < -0.39 is 18.4 Å². The standard InChI is InChI=1S/C16H11NO4/c18-13(19)8-17-16(21)12-7-3-6-11-14(12)9-4-1-2-5-10(9)15(11)20/h1-7H,8H2,(H,17,21)(H,18,19). The summed E-state index contributed by atoms with van der Waals surface area (Å²) in [7, 11) is 0. The minimum Gasteiger partial charge on any atom is -0.480 e. The minimum absolute atomic E-state index is 0.117. The molecule has 1 aliphatic carbocycles. The molecule has 21 heavy (non-hydrogen) atoms. The molecule has 5 heteroatoms. The number of carbonyl (C=O) groups is 3. The largest absolute Gasteiger partial charge is 0.480 e. The maximum absolute atomic E-state index is 12.3. The van der Waals surface area contributed by atoms with Crippen LogP contribution in [0.5, 0.6) is 0 Å². The predicted molar refractivity (Wildman–Crippen MR) is 75.3 cm³/mol. The molecule has 0 spiro atoms. The number of ketones is 1. The second-order valence-electron chi connectivity index (χ2n) is 4.68. The number of amides is 1. The molecule has 0 aliphatic heterocycles. The Hall–Kier alpha value is -2.95. The van der Waals surface area contributed by atoms with Gasteiger partial charge in [-0.25, -0.2) is 0 Å². The molecule has 0 bridgehead atoms. The topological polar surface area (TPSA) is 83.5 Å². The van der Waals surface area contributed by atoms with Gasteiger partial charge in [0.2, 0.25) is 0 Å². The van der Waals surface area contributed by atoms with Crippen LogP contribution in [-0.2, 0) is 4.79 Å². The average Bonchev–Trinajstić information content (AvgIpc) is 2.79. The Labute approximate surface area is 120 Å². The van der Waals surface area contributed by atoms with E-state index in [9.17, 15) is 14.4 Å². The molecule has 0 unspecified atom stereocenters. The van der Waals surface area contributed by atoms with Crippen molar-refractivity contribution in [2.45, 2.75) is 0 Å². The van der Waals surface area contributed by atoms with Crippen LogP contribution in [0.4, 0.5) is 0 Å². The first-order valence-electron chi connectivity index (χ1n) is 6.36. The minimum atomic E-state index is -1.12. The number of fused-ring (bicyclic) bond motifs is 3. The number of nitrogens with one attached hydrogen (secondary N) is 1. The van der Waals surface area contributed by atoms with Crippen molar-refractivity contribution in [3.05, 3.63) is 59.2 Å². The van der Waals surface area contributed by atoms with Gasteiger partial charge in [0.1, 0.15) is 6.54 Å².